The lowest BCUT2D eigenvalue weighted by atomic mass is 10.2. The number of thioether (sulfide) groups is 1. The lowest BCUT2D eigenvalue weighted by molar-refractivity contribution is -0.115. The van der Waals surface area contributed by atoms with E-state index in [1.54, 1.807) is 0 Å². The number of benzene rings is 2. The highest BCUT2D eigenvalue weighted by Gasteiger charge is 2.21. The van der Waals surface area contributed by atoms with E-state index in [1.807, 2.05) is 61.5 Å². The summed E-state index contributed by atoms with van der Waals surface area (Å²) in [6.07, 6.45) is 4.48. The molecule has 0 unspecified atom stereocenters. The number of aromatic nitrogens is 3. The van der Waals surface area contributed by atoms with Gasteiger partial charge >= 0.3 is 0 Å². The Morgan fingerprint density at radius 3 is 2.70 bits per heavy atom. The van der Waals surface area contributed by atoms with Gasteiger partial charge in [0.15, 0.2) is 5.16 Å². The zero-order valence-electron chi connectivity index (χ0n) is 17.1. The van der Waals surface area contributed by atoms with Crippen LogP contribution in [0.1, 0.15) is 37.6 Å². The fraction of sp³-hybridized carbons (Fsp3) is 0.348. The third-order valence-electron chi connectivity index (χ3n) is 5.10. The van der Waals surface area contributed by atoms with Crippen molar-refractivity contribution in [3.8, 4) is 5.75 Å². The second-order valence-corrected chi connectivity index (χ2v) is 8.72. The van der Waals surface area contributed by atoms with Crippen LogP contribution in [0.25, 0.3) is 0 Å². The van der Waals surface area contributed by atoms with Gasteiger partial charge in [-0.2, -0.15) is 0 Å². The van der Waals surface area contributed by atoms with Crippen LogP contribution in [0.5, 0.6) is 5.75 Å². The van der Waals surface area contributed by atoms with Crippen LogP contribution in [0.3, 0.4) is 0 Å². The van der Waals surface area contributed by atoms with E-state index in [1.165, 1.54) is 18.2 Å². The van der Waals surface area contributed by atoms with Gasteiger partial charge in [-0.25, -0.2) is 0 Å². The summed E-state index contributed by atoms with van der Waals surface area (Å²) in [5.41, 5.74) is 1.87. The molecule has 0 fully saturated rings. The molecule has 1 amide bonds. The van der Waals surface area contributed by atoms with E-state index in [-0.39, 0.29) is 11.2 Å². The smallest absolute Gasteiger partial charge is 0.237 e. The predicted octanol–water partition coefficient (Wildman–Crippen LogP) is 4.70. The monoisotopic (exact) mass is 422 g/mol. The van der Waals surface area contributed by atoms with Crippen molar-refractivity contribution in [3.05, 3.63) is 66.0 Å². The molecule has 0 saturated heterocycles. The summed E-state index contributed by atoms with van der Waals surface area (Å²) >= 11 is 1.46. The van der Waals surface area contributed by atoms with Crippen molar-refractivity contribution in [2.24, 2.45) is 0 Å². The van der Waals surface area contributed by atoms with Gasteiger partial charge in [0.25, 0.3) is 0 Å². The number of carbonyl (C=O) groups excluding carboxylic acids is 1. The van der Waals surface area contributed by atoms with Crippen LogP contribution in [0, 0.1) is 0 Å². The van der Waals surface area contributed by atoms with Crippen molar-refractivity contribution < 1.29 is 9.53 Å². The number of nitrogens with one attached hydrogen (secondary N) is 1. The fourth-order valence-electron chi connectivity index (χ4n) is 3.38. The Labute approximate surface area is 181 Å². The average Bonchev–Trinajstić information content (AvgIpc) is 2.99. The van der Waals surface area contributed by atoms with E-state index in [0.717, 1.165) is 53.8 Å². The highest BCUT2D eigenvalue weighted by molar-refractivity contribution is 8.00. The zero-order chi connectivity index (χ0) is 20.8. The second-order valence-electron chi connectivity index (χ2n) is 7.41. The first kappa shape index (κ1) is 20.5. The van der Waals surface area contributed by atoms with Crippen molar-refractivity contribution in [2.75, 3.05) is 5.32 Å². The highest BCUT2D eigenvalue weighted by Crippen LogP contribution is 2.26. The van der Waals surface area contributed by atoms with Crippen molar-refractivity contribution >= 4 is 23.4 Å². The zero-order valence-corrected chi connectivity index (χ0v) is 17.9. The second kappa shape index (κ2) is 9.80. The van der Waals surface area contributed by atoms with Crippen LogP contribution < -0.4 is 10.1 Å². The van der Waals surface area contributed by atoms with Crippen LogP contribution in [0.15, 0.2) is 59.8 Å². The van der Waals surface area contributed by atoms with E-state index >= 15 is 0 Å². The molecule has 4 rings (SSSR count). The number of hydrogen-bond donors (Lipinski definition) is 1. The molecule has 1 aromatic heterocycles. The van der Waals surface area contributed by atoms with Gasteiger partial charge in [-0.15, -0.1) is 10.2 Å². The maximum absolute atomic E-state index is 12.6. The minimum Gasteiger partial charge on any atom is -0.489 e. The van der Waals surface area contributed by atoms with E-state index in [4.69, 9.17) is 4.74 Å². The van der Waals surface area contributed by atoms with Gasteiger partial charge in [-0.05, 0) is 49.6 Å². The molecule has 7 heteroatoms. The van der Waals surface area contributed by atoms with Gasteiger partial charge in [0.2, 0.25) is 5.91 Å². The number of aryl methyl sites for hydroxylation is 1. The van der Waals surface area contributed by atoms with Crippen molar-refractivity contribution in [3.63, 3.8) is 0 Å². The SMILES string of the molecule is C[C@H](Sc1nnc2n1CCCCC2)C(=O)Nc1ccc(OCc2ccccc2)cc1. The maximum atomic E-state index is 12.6. The molecular formula is C23H26N4O2S. The standard InChI is InChI=1S/C23H26N4O2S/c1-17(30-23-26-25-21-10-6-3-7-15-27(21)23)22(28)24-19-11-13-20(14-12-19)29-16-18-8-4-2-5-9-18/h2,4-5,8-9,11-14,17H,3,6-7,10,15-16H2,1H3,(H,24,28)/t17-/m0/s1. The van der Waals surface area contributed by atoms with Gasteiger partial charge < -0.3 is 14.6 Å². The Morgan fingerprint density at radius 2 is 1.90 bits per heavy atom. The first-order valence-electron chi connectivity index (χ1n) is 10.4. The van der Waals surface area contributed by atoms with Gasteiger partial charge in [0.1, 0.15) is 18.2 Å². The molecule has 1 N–H and O–H groups in total. The van der Waals surface area contributed by atoms with Crippen LogP contribution in [0.2, 0.25) is 0 Å². The molecule has 2 aromatic carbocycles. The molecule has 2 heterocycles. The Hall–Kier alpha value is -2.80. The molecule has 0 bridgehead atoms. The topological polar surface area (TPSA) is 69.0 Å². The van der Waals surface area contributed by atoms with Gasteiger partial charge in [-0.1, -0.05) is 48.5 Å². The van der Waals surface area contributed by atoms with Crippen LogP contribution in [-0.4, -0.2) is 25.9 Å². The number of amides is 1. The van der Waals surface area contributed by atoms with Crippen LogP contribution in [0.4, 0.5) is 5.69 Å². The summed E-state index contributed by atoms with van der Waals surface area (Å²) in [6, 6.07) is 17.5. The third-order valence-corrected chi connectivity index (χ3v) is 6.18. The van der Waals surface area contributed by atoms with Crippen molar-refractivity contribution in [1.29, 1.82) is 0 Å². The molecule has 30 heavy (non-hydrogen) atoms. The Morgan fingerprint density at radius 1 is 1.10 bits per heavy atom. The number of nitrogens with zero attached hydrogens (tertiary/aromatic N) is 3. The largest absolute Gasteiger partial charge is 0.489 e. The van der Waals surface area contributed by atoms with Crippen molar-refractivity contribution in [1.82, 2.24) is 14.8 Å². The summed E-state index contributed by atoms with van der Waals surface area (Å²) in [6.45, 7) is 3.35. The molecular weight excluding hydrogens is 396 g/mol. The molecule has 0 radical (unpaired) electrons. The lowest BCUT2D eigenvalue weighted by Gasteiger charge is -2.13. The number of hydrogen-bond acceptors (Lipinski definition) is 5. The molecule has 3 aromatic rings. The number of rotatable bonds is 7. The van der Waals surface area contributed by atoms with Crippen LogP contribution >= 0.6 is 11.8 Å². The summed E-state index contributed by atoms with van der Waals surface area (Å²) in [5, 5.41) is 12.2. The molecule has 0 saturated carbocycles. The summed E-state index contributed by atoms with van der Waals surface area (Å²) in [7, 11) is 0. The molecule has 6 nitrogen and oxygen atoms in total. The minimum atomic E-state index is -0.268. The minimum absolute atomic E-state index is 0.0519. The molecule has 156 valence electrons. The average molecular weight is 423 g/mol. The normalized spacial score (nSPS) is 14.4. The Bertz CT molecular complexity index is 973. The van der Waals surface area contributed by atoms with E-state index < -0.39 is 0 Å². The predicted molar refractivity (Wildman–Crippen MR) is 119 cm³/mol. The first-order chi connectivity index (χ1) is 14.7. The number of ether oxygens (including phenoxy) is 1. The van der Waals surface area contributed by atoms with E-state index in [9.17, 15) is 4.79 Å². The number of carbonyl (C=O) groups is 1. The van der Waals surface area contributed by atoms with E-state index in [2.05, 4.69) is 20.1 Å². The molecule has 1 atom stereocenters. The Balaban J connectivity index is 1.30. The first-order valence-corrected chi connectivity index (χ1v) is 11.2. The highest BCUT2D eigenvalue weighted by atomic mass is 32.2. The quantitative estimate of drug-likeness (QED) is 0.559. The lowest BCUT2D eigenvalue weighted by Crippen LogP contribution is -2.23. The fourth-order valence-corrected chi connectivity index (χ4v) is 4.27. The molecule has 0 spiro atoms. The summed E-state index contributed by atoms with van der Waals surface area (Å²) < 4.78 is 7.96. The summed E-state index contributed by atoms with van der Waals surface area (Å²) in [5.74, 6) is 1.75. The van der Waals surface area contributed by atoms with Gasteiger partial charge in [0, 0.05) is 18.7 Å². The van der Waals surface area contributed by atoms with Gasteiger partial charge in [-0.3, -0.25) is 4.79 Å². The Kier molecular flexibility index (Phi) is 6.69. The summed E-state index contributed by atoms with van der Waals surface area (Å²) in [4.78, 5) is 12.6. The van der Waals surface area contributed by atoms with Gasteiger partial charge in [0.05, 0.1) is 5.25 Å². The van der Waals surface area contributed by atoms with Crippen molar-refractivity contribution in [2.45, 2.75) is 56.2 Å². The molecule has 0 aliphatic carbocycles. The molecule has 1 aliphatic heterocycles. The third kappa shape index (κ3) is 5.21. The molecule has 1 aliphatic rings. The van der Waals surface area contributed by atoms with E-state index in [0.29, 0.717) is 6.61 Å². The van der Waals surface area contributed by atoms with Crippen LogP contribution in [-0.2, 0) is 24.4 Å². The number of anilines is 1. The number of fused-ring (bicyclic) bond motifs is 1. The maximum Gasteiger partial charge on any atom is 0.237 e.